The van der Waals surface area contributed by atoms with E-state index in [0.717, 1.165) is 36.0 Å². The van der Waals surface area contributed by atoms with Gasteiger partial charge in [-0.3, -0.25) is 4.79 Å². The number of rotatable bonds is 9. The average Bonchev–Trinajstić information content (AvgIpc) is 2.58. The van der Waals surface area contributed by atoms with Gasteiger partial charge in [-0.25, -0.2) is 4.39 Å². The molecule has 1 N–H and O–H groups in total. The largest absolute Gasteiger partial charge is 0.491 e. The highest BCUT2D eigenvalue weighted by molar-refractivity contribution is 5.78. The van der Waals surface area contributed by atoms with Gasteiger partial charge in [0.1, 0.15) is 11.6 Å². The molecule has 26 heavy (non-hydrogen) atoms. The zero-order valence-corrected chi connectivity index (χ0v) is 15.7. The lowest BCUT2D eigenvalue weighted by Gasteiger charge is -2.18. The van der Waals surface area contributed by atoms with Gasteiger partial charge in [-0.1, -0.05) is 44.4 Å². The molecule has 0 aliphatic rings. The lowest BCUT2D eigenvalue weighted by Crippen LogP contribution is -2.13. The summed E-state index contributed by atoms with van der Waals surface area (Å²) in [6.45, 7) is 5.96. The maximum absolute atomic E-state index is 13.2. The van der Waals surface area contributed by atoms with E-state index < -0.39 is 11.9 Å². The van der Waals surface area contributed by atoms with Crippen LogP contribution < -0.4 is 4.74 Å². The molecule has 0 heterocycles. The van der Waals surface area contributed by atoms with Crippen molar-refractivity contribution in [1.82, 2.24) is 0 Å². The zero-order chi connectivity index (χ0) is 19.1. The van der Waals surface area contributed by atoms with Crippen LogP contribution in [0.2, 0.25) is 0 Å². The molecule has 140 valence electrons. The third-order valence-corrected chi connectivity index (χ3v) is 4.28. The number of carbonyl (C=O) groups is 1. The first-order valence-corrected chi connectivity index (χ1v) is 9.21. The molecular weight excluding hydrogens is 331 g/mol. The van der Waals surface area contributed by atoms with Crippen molar-refractivity contribution in [3.05, 3.63) is 53.8 Å². The number of halogens is 1. The quantitative estimate of drug-likeness (QED) is 0.557. The van der Waals surface area contributed by atoms with E-state index in [1.165, 1.54) is 12.1 Å². The average molecular weight is 358 g/mol. The molecule has 0 aromatic heterocycles. The molecule has 1 atom stereocenters. The highest BCUT2D eigenvalue weighted by atomic mass is 19.1. The number of carboxylic acids is 1. The van der Waals surface area contributed by atoms with E-state index >= 15 is 0 Å². The number of ether oxygens (including phenoxy) is 1. The van der Waals surface area contributed by atoms with E-state index in [0.29, 0.717) is 12.2 Å². The van der Waals surface area contributed by atoms with E-state index in [1.807, 2.05) is 32.0 Å². The van der Waals surface area contributed by atoms with Gasteiger partial charge < -0.3 is 9.84 Å². The highest BCUT2D eigenvalue weighted by Gasteiger charge is 2.21. The molecular formula is C22H27FO3. The van der Waals surface area contributed by atoms with Crippen molar-refractivity contribution in [2.75, 3.05) is 0 Å². The van der Waals surface area contributed by atoms with Crippen molar-refractivity contribution >= 4 is 5.97 Å². The van der Waals surface area contributed by atoms with Crippen LogP contribution in [0.5, 0.6) is 5.75 Å². The lowest BCUT2D eigenvalue weighted by molar-refractivity contribution is -0.139. The Hall–Kier alpha value is -2.36. The molecule has 0 saturated heterocycles. The number of benzene rings is 2. The molecule has 0 bridgehead atoms. The zero-order valence-electron chi connectivity index (χ0n) is 15.7. The Morgan fingerprint density at radius 1 is 1.08 bits per heavy atom. The van der Waals surface area contributed by atoms with Gasteiger partial charge >= 0.3 is 5.97 Å². The number of hydrogen-bond donors (Lipinski definition) is 1. The van der Waals surface area contributed by atoms with Crippen LogP contribution in [-0.4, -0.2) is 17.2 Å². The Bertz CT molecular complexity index is 723. The second kappa shape index (κ2) is 9.37. The summed E-state index contributed by atoms with van der Waals surface area (Å²) in [4.78, 5) is 11.8. The van der Waals surface area contributed by atoms with Gasteiger partial charge in [0.25, 0.3) is 0 Å². The van der Waals surface area contributed by atoms with Crippen LogP contribution >= 0.6 is 0 Å². The van der Waals surface area contributed by atoms with Gasteiger partial charge in [0, 0.05) is 0 Å². The molecule has 0 aliphatic heterocycles. The topological polar surface area (TPSA) is 46.5 Å². The van der Waals surface area contributed by atoms with Crippen LogP contribution in [-0.2, 0) is 4.79 Å². The normalized spacial score (nSPS) is 12.2. The van der Waals surface area contributed by atoms with Crippen molar-refractivity contribution in [3.8, 4) is 16.9 Å². The Morgan fingerprint density at radius 3 is 2.35 bits per heavy atom. The maximum atomic E-state index is 13.2. The minimum atomic E-state index is -0.826. The Balaban J connectivity index is 2.43. The molecule has 0 fully saturated rings. The molecule has 1 unspecified atom stereocenters. The first kappa shape index (κ1) is 20.0. The molecule has 0 amide bonds. The minimum Gasteiger partial charge on any atom is -0.491 e. The van der Waals surface area contributed by atoms with Crippen LogP contribution in [0, 0.1) is 5.82 Å². The van der Waals surface area contributed by atoms with Crippen LogP contribution in [0.4, 0.5) is 4.39 Å². The van der Waals surface area contributed by atoms with Crippen molar-refractivity contribution < 1.29 is 19.0 Å². The fourth-order valence-corrected chi connectivity index (χ4v) is 3.00. The summed E-state index contributed by atoms with van der Waals surface area (Å²) in [6, 6.07) is 11.8. The van der Waals surface area contributed by atoms with Gasteiger partial charge in [0.15, 0.2) is 0 Å². The second-order valence-electron chi connectivity index (χ2n) is 6.85. The van der Waals surface area contributed by atoms with Crippen molar-refractivity contribution in [1.29, 1.82) is 0 Å². The predicted molar refractivity (Wildman–Crippen MR) is 102 cm³/mol. The lowest BCUT2D eigenvalue weighted by atomic mass is 9.90. The fraction of sp³-hybridized carbons (Fsp3) is 0.409. The summed E-state index contributed by atoms with van der Waals surface area (Å²) < 4.78 is 19.1. The first-order chi connectivity index (χ1) is 12.4. The number of aliphatic carboxylic acids is 1. The van der Waals surface area contributed by atoms with E-state index in [1.54, 1.807) is 12.1 Å². The molecule has 0 spiro atoms. The number of hydrogen-bond acceptors (Lipinski definition) is 2. The van der Waals surface area contributed by atoms with Crippen LogP contribution in [0.25, 0.3) is 11.1 Å². The maximum Gasteiger partial charge on any atom is 0.310 e. The summed E-state index contributed by atoms with van der Waals surface area (Å²) >= 11 is 0. The Kier molecular flexibility index (Phi) is 7.19. The summed E-state index contributed by atoms with van der Waals surface area (Å²) in [5, 5.41) is 9.71. The summed E-state index contributed by atoms with van der Waals surface area (Å²) in [5.74, 6) is -1.06. The van der Waals surface area contributed by atoms with Crippen molar-refractivity contribution in [3.63, 3.8) is 0 Å². The van der Waals surface area contributed by atoms with Crippen LogP contribution in [0.1, 0.15) is 57.9 Å². The Labute approximate surface area is 154 Å². The number of unbranched alkanes of at least 4 members (excludes halogenated alkanes) is 2. The Morgan fingerprint density at radius 2 is 1.77 bits per heavy atom. The molecule has 4 heteroatoms. The third kappa shape index (κ3) is 5.58. The first-order valence-electron chi connectivity index (χ1n) is 9.21. The highest BCUT2D eigenvalue weighted by Crippen LogP contribution is 2.32. The van der Waals surface area contributed by atoms with E-state index in [2.05, 4.69) is 6.92 Å². The molecule has 0 radical (unpaired) electrons. The summed E-state index contributed by atoms with van der Waals surface area (Å²) in [7, 11) is 0. The van der Waals surface area contributed by atoms with E-state index in [-0.39, 0.29) is 11.9 Å². The van der Waals surface area contributed by atoms with E-state index in [9.17, 15) is 14.3 Å². The van der Waals surface area contributed by atoms with Crippen LogP contribution in [0.15, 0.2) is 42.5 Å². The molecule has 2 aromatic rings. The number of carboxylic acid groups (broad SMARTS) is 1. The van der Waals surface area contributed by atoms with Gasteiger partial charge in [0.2, 0.25) is 0 Å². The smallest absolute Gasteiger partial charge is 0.310 e. The SMILES string of the molecule is CCCCCC(C(=O)O)c1cc(OC(C)C)cc(-c2ccc(F)cc2)c1. The van der Waals surface area contributed by atoms with Gasteiger partial charge in [-0.2, -0.15) is 0 Å². The van der Waals surface area contributed by atoms with Gasteiger partial charge in [0.05, 0.1) is 12.0 Å². The van der Waals surface area contributed by atoms with E-state index in [4.69, 9.17) is 4.74 Å². The summed E-state index contributed by atoms with van der Waals surface area (Å²) in [5.41, 5.74) is 2.39. The predicted octanol–water partition coefficient (Wildman–Crippen LogP) is 6.03. The molecule has 0 saturated carbocycles. The second-order valence-corrected chi connectivity index (χ2v) is 6.85. The third-order valence-electron chi connectivity index (χ3n) is 4.28. The fourth-order valence-electron chi connectivity index (χ4n) is 3.00. The summed E-state index contributed by atoms with van der Waals surface area (Å²) in [6.07, 6.45) is 3.50. The molecule has 0 aliphatic carbocycles. The van der Waals surface area contributed by atoms with Gasteiger partial charge in [-0.05, 0) is 61.2 Å². The van der Waals surface area contributed by atoms with Crippen molar-refractivity contribution in [2.45, 2.75) is 58.5 Å². The standard InChI is InChI=1S/C22H27FO3/c1-4-5-6-7-21(22(24)25)18-12-17(13-20(14-18)26-15(2)3)16-8-10-19(23)11-9-16/h8-15,21H,4-7H2,1-3H3,(H,24,25). The van der Waals surface area contributed by atoms with Crippen LogP contribution in [0.3, 0.4) is 0 Å². The molecule has 2 rings (SSSR count). The molecule has 2 aromatic carbocycles. The minimum absolute atomic E-state index is 0.0188. The van der Waals surface area contributed by atoms with Crippen molar-refractivity contribution in [2.24, 2.45) is 0 Å². The molecule has 3 nitrogen and oxygen atoms in total. The monoisotopic (exact) mass is 358 g/mol. The van der Waals surface area contributed by atoms with Gasteiger partial charge in [-0.15, -0.1) is 0 Å².